The second-order valence-electron chi connectivity index (χ2n) is 5.10. The van der Waals surface area contributed by atoms with Gasteiger partial charge in [0.1, 0.15) is 5.82 Å². The molecule has 1 fully saturated rings. The SMILES string of the molecule is O=S1(=O)CCC(CC(O)Cc2ccc(F)cc2Cl)C1. The lowest BCUT2D eigenvalue weighted by atomic mass is 9.97. The molecule has 1 N–H and O–H groups in total. The summed E-state index contributed by atoms with van der Waals surface area (Å²) in [4.78, 5) is 0. The molecule has 6 heteroatoms. The van der Waals surface area contributed by atoms with Crippen LogP contribution in [0.1, 0.15) is 18.4 Å². The second-order valence-corrected chi connectivity index (χ2v) is 7.73. The molecule has 0 saturated carbocycles. The lowest BCUT2D eigenvalue weighted by Gasteiger charge is -2.15. The quantitative estimate of drug-likeness (QED) is 0.928. The number of aliphatic hydroxyl groups is 1. The highest BCUT2D eigenvalue weighted by Crippen LogP contribution is 2.25. The monoisotopic (exact) mass is 306 g/mol. The fourth-order valence-electron chi connectivity index (χ4n) is 2.47. The van der Waals surface area contributed by atoms with Gasteiger partial charge in [-0.3, -0.25) is 0 Å². The van der Waals surface area contributed by atoms with Gasteiger partial charge in [-0.2, -0.15) is 0 Å². The van der Waals surface area contributed by atoms with Gasteiger partial charge in [0.25, 0.3) is 0 Å². The number of hydrogen-bond acceptors (Lipinski definition) is 3. The molecule has 106 valence electrons. The van der Waals surface area contributed by atoms with Gasteiger partial charge in [-0.15, -0.1) is 0 Å². The van der Waals surface area contributed by atoms with Gasteiger partial charge in [-0.1, -0.05) is 17.7 Å². The predicted molar refractivity (Wildman–Crippen MR) is 72.5 cm³/mol. The van der Waals surface area contributed by atoms with Crippen LogP contribution in [0.15, 0.2) is 18.2 Å². The molecule has 1 heterocycles. The van der Waals surface area contributed by atoms with Crippen LogP contribution in [-0.4, -0.2) is 31.1 Å². The van der Waals surface area contributed by atoms with Crippen molar-refractivity contribution in [3.05, 3.63) is 34.6 Å². The topological polar surface area (TPSA) is 54.4 Å². The van der Waals surface area contributed by atoms with Crippen molar-refractivity contribution >= 4 is 21.4 Å². The Kier molecular flexibility index (Phi) is 4.48. The van der Waals surface area contributed by atoms with E-state index in [1.54, 1.807) is 6.07 Å². The third-order valence-electron chi connectivity index (χ3n) is 3.40. The van der Waals surface area contributed by atoms with E-state index in [9.17, 15) is 17.9 Å². The number of hydrogen-bond donors (Lipinski definition) is 1. The van der Waals surface area contributed by atoms with Crippen LogP contribution >= 0.6 is 11.6 Å². The Bertz CT molecular complexity index is 559. The van der Waals surface area contributed by atoms with Crippen molar-refractivity contribution < 1.29 is 17.9 Å². The Morgan fingerprint density at radius 1 is 1.47 bits per heavy atom. The molecule has 0 aliphatic carbocycles. The van der Waals surface area contributed by atoms with Crippen LogP contribution < -0.4 is 0 Å². The van der Waals surface area contributed by atoms with Crippen molar-refractivity contribution in [2.75, 3.05) is 11.5 Å². The van der Waals surface area contributed by atoms with Crippen LogP contribution in [0, 0.1) is 11.7 Å². The average Bonchev–Trinajstić information content (AvgIpc) is 2.62. The summed E-state index contributed by atoms with van der Waals surface area (Å²) in [6, 6.07) is 4.06. The Morgan fingerprint density at radius 3 is 2.79 bits per heavy atom. The van der Waals surface area contributed by atoms with Crippen LogP contribution in [0.4, 0.5) is 4.39 Å². The average molecular weight is 307 g/mol. The van der Waals surface area contributed by atoms with E-state index in [-0.39, 0.29) is 22.4 Å². The molecule has 1 aliphatic rings. The highest BCUT2D eigenvalue weighted by atomic mass is 35.5. The van der Waals surface area contributed by atoms with Gasteiger partial charge in [0, 0.05) is 5.02 Å². The first kappa shape index (κ1) is 14.8. The summed E-state index contributed by atoms with van der Waals surface area (Å²) >= 11 is 5.89. The second kappa shape index (κ2) is 5.77. The summed E-state index contributed by atoms with van der Waals surface area (Å²) in [6.45, 7) is 0. The van der Waals surface area contributed by atoms with Gasteiger partial charge < -0.3 is 5.11 Å². The maximum atomic E-state index is 12.9. The minimum Gasteiger partial charge on any atom is -0.393 e. The van der Waals surface area contributed by atoms with Crippen LogP contribution in [0.3, 0.4) is 0 Å². The molecule has 0 bridgehead atoms. The Hall–Kier alpha value is -0.650. The number of aliphatic hydroxyl groups excluding tert-OH is 1. The molecule has 1 aliphatic heterocycles. The van der Waals surface area contributed by atoms with Gasteiger partial charge in [0.2, 0.25) is 0 Å². The summed E-state index contributed by atoms with van der Waals surface area (Å²) in [6.07, 6.45) is 0.709. The summed E-state index contributed by atoms with van der Waals surface area (Å²) in [5.41, 5.74) is 0.677. The minimum absolute atomic E-state index is 0.0132. The molecular weight excluding hydrogens is 291 g/mol. The zero-order valence-electron chi connectivity index (χ0n) is 10.4. The fourth-order valence-corrected chi connectivity index (χ4v) is 4.59. The molecule has 0 spiro atoms. The molecule has 3 nitrogen and oxygen atoms in total. The molecule has 2 atom stereocenters. The zero-order valence-corrected chi connectivity index (χ0v) is 11.9. The normalized spacial score (nSPS) is 23.4. The van der Waals surface area contributed by atoms with E-state index >= 15 is 0 Å². The Morgan fingerprint density at radius 2 is 2.21 bits per heavy atom. The Balaban J connectivity index is 1.93. The molecule has 0 aromatic heterocycles. The van der Waals surface area contributed by atoms with E-state index in [4.69, 9.17) is 11.6 Å². The van der Waals surface area contributed by atoms with Crippen LogP contribution in [0.25, 0.3) is 0 Å². The molecular formula is C13H16ClFO3S. The van der Waals surface area contributed by atoms with E-state index in [0.717, 1.165) is 0 Å². The van der Waals surface area contributed by atoms with Crippen LogP contribution in [-0.2, 0) is 16.3 Å². The third-order valence-corrected chi connectivity index (χ3v) is 5.59. The van der Waals surface area contributed by atoms with Crippen LogP contribution in [0.2, 0.25) is 5.02 Å². The lowest BCUT2D eigenvalue weighted by Crippen LogP contribution is -2.17. The van der Waals surface area contributed by atoms with Crippen molar-refractivity contribution in [2.45, 2.75) is 25.4 Å². The zero-order chi connectivity index (χ0) is 14.0. The summed E-state index contributed by atoms with van der Waals surface area (Å²) in [5.74, 6) is -0.0348. The van der Waals surface area contributed by atoms with E-state index in [2.05, 4.69) is 0 Å². The van der Waals surface area contributed by atoms with Crippen LogP contribution in [0.5, 0.6) is 0 Å². The summed E-state index contributed by atoms with van der Waals surface area (Å²) in [5, 5.41) is 10.3. The van der Waals surface area contributed by atoms with E-state index in [1.165, 1.54) is 12.1 Å². The molecule has 2 rings (SSSR count). The van der Waals surface area contributed by atoms with Crippen molar-refractivity contribution in [1.29, 1.82) is 0 Å². The number of benzene rings is 1. The van der Waals surface area contributed by atoms with E-state index in [0.29, 0.717) is 24.8 Å². The van der Waals surface area contributed by atoms with Crippen molar-refractivity contribution in [3.8, 4) is 0 Å². The molecule has 0 amide bonds. The highest BCUT2D eigenvalue weighted by Gasteiger charge is 2.29. The minimum atomic E-state index is -2.91. The van der Waals surface area contributed by atoms with Gasteiger partial charge in [0.15, 0.2) is 9.84 Å². The van der Waals surface area contributed by atoms with Gasteiger partial charge >= 0.3 is 0 Å². The third kappa shape index (κ3) is 4.16. The number of halogens is 2. The lowest BCUT2D eigenvalue weighted by molar-refractivity contribution is 0.147. The smallest absolute Gasteiger partial charge is 0.150 e. The van der Waals surface area contributed by atoms with Gasteiger partial charge in [-0.05, 0) is 42.9 Å². The highest BCUT2D eigenvalue weighted by molar-refractivity contribution is 7.91. The molecule has 2 unspecified atom stereocenters. The summed E-state index contributed by atoms with van der Waals surface area (Å²) < 4.78 is 35.5. The standard InChI is InChI=1S/C13H16ClFO3S/c14-13-7-11(15)2-1-10(13)6-12(16)5-9-3-4-19(17,18)8-9/h1-2,7,9,12,16H,3-6,8H2. The maximum Gasteiger partial charge on any atom is 0.150 e. The molecule has 1 aromatic carbocycles. The summed E-state index contributed by atoms with van der Waals surface area (Å²) in [7, 11) is -2.91. The molecule has 1 aromatic rings. The Labute approximate surface area is 117 Å². The molecule has 19 heavy (non-hydrogen) atoms. The van der Waals surface area contributed by atoms with Crippen molar-refractivity contribution in [1.82, 2.24) is 0 Å². The van der Waals surface area contributed by atoms with E-state index in [1.807, 2.05) is 0 Å². The first-order valence-electron chi connectivity index (χ1n) is 6.18. The largest absolute Gasteiger partial charge is 0.393 e. The van der Waals surface area contributed by atoms with Crippen molar-refractivity contribution in [3.63, 3.8) is 0 Å². The number of rotatable bonds is 4. The first-order valence-corrected chi connectivity index (χ1v) is 8.38. The van der Waals surface area contributed by atoms with Gasteiger partial charge in [0.05, 0.1) is 17.6 Å². The molecule has 0 radical (unpaired) electrons. The maximum absolute atomic E-state index is 12.9. The van der Waals surface area contributed by atoms with Gasteiger partial charge in [-0.25, -0.2) is 12.8 Å². The predicted octanol–water partition coefficient (Wildman–Crippen LogP) is 2.21. The van der Waals surface area contributed by atoms with E-state index < -0.39 is 21.8 Å². The molecule has 1 saturated heterocycles. The first-order chi connectivity index (χ1) is 8.85. The number of sulfone groups is 1. The van der Waals surface area contributed by atoms with Crippen molar-refractivity contribution in [2.24, 2.45) is 5.92 Å². The fraction of sp³-hybridized carbons (Fsp3) is 0.538.